The van der Waals surface area contributed by atoms with E-state index in [0.717, 1.165) is 56.9 Å². The molecule has 3 atom stereocenters. The number of anilines is 3. The van der Waals surface area contributed by atoms with E-state index in [9.17, 15) is 33.9 Å². The van der Waals surface area contributed by atoms with Crippen LogP contribution >= 0.6 is 11.8 Å². The Morgan fingerprint density at radius 3 is 2.40 bits per heavy atom. The standard InChI is InChI=1S/C64H81FN12O11S/c1-64(2,3)44-29-42(34-66)56(49(65)32-44)60(82)72-59-48(38-78)47(16-18-68-59)43-31-50(62(83)74(5)36-43)69-53-33-45-37-75(20-21-77(45)73-53)55(80)17-22-85-23-24-86-25-26-87-27-28-88-46-14-9-13-41(30-46)58(81)51-39-89-61(70-51)52-15-10-19-76(52)63(84)57(71-54(79)35-67-4)40-11-7-6-8-12-40/h9,13-14,16,18,29-34,36,39-40,52,57,61,66-67,70,78H,6-8,10-12,15,17,19-28,35,37-38H2,1-5H3,(H,69,73)(H,71,79)(H,68,72,82)/t52?,57-,61?/m1/s1. The number of hydrogen-bond donors (Lipinski definition) is 7. The Morgan fingerprint density at radius 2 is 1.67 bits per heavy atom. The summed E-state index contributed by atoms with van der Waals surface area (Å²) >= 11 is 1.51. The quantitative estimate of drug-likeness (QED) is 0.0162. The van der Waals surface area contributed by atoms with Gasteiger partial charge in [0.2, 0.25) is 23.5 Å². The minimum Gasteiger partial charge on any atom is -0.491 e. The number of rotatable bonds is 28. The van der Waals surface area contributed by atoms with Crippen molar-refractivity contribution >= 4 is 64.7 Å². The molecule has 4 amide bonds. The Morgan fingerprint density at radius 1 is 0.921 bits per heavy atom. The third-order valence-corrected chi connectivity index (χ3v) is 17.5. The van der Waals surface area contributed by atoms with Gasteiger partial charge in [-0.25, -0.2) is 9.37 Å². The van der Waals surface area contributed by atoms with Crippen LogP contribution in [0.3, 0.4) is 0 Å². The van der Waals surface area contributed by atoms with Gasteiger partial charge in [0.1, 0.15) is 35.7 Å². The first-order valence-electron chi connectivity index (χ1n) is 30.4. The lowest BCUT2D eigenvalue weighted by molar-refractivity contribution is -0.139. The highest BCUT2D eigenvalue weighted by Gasteiger charge is 2.43. The Balaban J connectivity index is 0.658. The number of benzene rings is 2. The van der Waals surface area contributed by atoms with Crippen LogP contribution in [0.15, 0.2) is 82.9 Å². The van der Waals surface area contributed by atoms with Crippen molar-refractivity contribution in [2.24, 2.45) is 13.0 Å². The van der Waals surface area contributed by atoms with Gasteiger partial charge in [-0.15, -0.1) is 11.8 Å². The van der Waals surface area contributed by atoms with Crippen molar-refractivity contribution in [2.45, 2.75) is 115 Å². The number of nitrogens with one attached hydrogen (secondary N) is 6. The smallest absolute Gasteiger partial charge is 0.274 e. The molecule has 1 saturated carbocycles. The Labute approximate surface area is 521 Å². The summed E-state index contributed by atoms with van der Waals surface area (Å²) < 4.78 is 41.6. The van der Waals surface area contributed by atoms with Crippen molar-refractivity contribution in [1.82, 2.24) is 45.1 Å². The van der Waals surface area contributed by atoms with Crippen molar-refractivity contribution in [3.63, 3.8) is 0 Å². The first kappa shape index (κ1) is 65.6. The van der Waals surface area contributed by atoms with Crippen LogP contribution < -0.4 is 36.9 Å². The normalized spacial score (nSPS) is 17.1. The summed E-state index contributed by atoms with van der Waals surface area (Å²) in [6, 6.07) is 14.2. The zero-order valence-corrected chi connectivity index (χ0v) is 52.0. The number of aliphatic hydroxyl groups excluding tert-OH is 1. The molecule has 476 valence electrons. The number of likely N-dealkylation sites (tertiary alicyclic amines) is 1. The van der Waals surface area contributed by atoms with Crippen LogP contribution in [0, 0.1) is 17.1 Å². The second-order valence-corrected chi connectivity index (χ2v) is 24.6. The number of aromatic nitrogens is 4. The number of pyridine rings is 2. The predicted octanol–water partition coefficient (Wildman–Crippen LogP) is 6.39. The number of carbonyl (C=O) groups excluding carboxylic acids is 5. The second kappa shape index (κ2) is 30.6. The fraction of sp³-hybridized carbons (Fsp3) is 0.484. The summed E-state index contributed by atoms with van der Waals surface area (Å²) in [4.78, 5) is 88.8. The largest absolute Gasteiger partial charge is 0.491 e. The van der Waals surface area contributed by atoms with Crippen LogP contribution in [-0.4, -0.2) is 160 Å². The third kappa shape index (κ3) is 16.5. The van der Waals surface area contributed by atoms with Gasteiger partial charge in [0.25, 0.3) is 11.5 Å². The molecule has 2 fully saturated rings. The number of amides is 4. The summed E-state index contributed by atoms with van der Waals surface area (Å²) in [5.41, 5.74) is 2.62. The molecular formula is C64H81FN12O11S. The topological polar surface area (TPSA) is 286 Å². The summed E-state index contributed by atoms with van der Waals surface area (Å²) in [6.45, 7) is 9.09. The zero-order chi connectivity index (χ0) is 63.2. The molecule has 1 saturated heterocycles. The predicted molar refractivity (Wildman–Crippen MR) is 336 cm³/mol. The Kier molecular flexibility index (Phi) is 22.6. The molecule has 0 bridgehead atoms. The third-order valence-electron chi connectivity index (χ3n) is 16.4. The summed E-state index contributed by atoms with van der Waals surface area (Å²) in [6.07, 6.45) is 10.8. The number of ether oxygens (including phenoxy) is 4. The lowest BCUT2D eigenvalue weighted by Crippen LogP contribution is -2.57. The minimum absolute atomic E-state index is 0.0196. The average Bonchev–Trinajstić information content (AvgIpc) is 2.59. The van der Waals surface area contributed by atoms with E-state index in [1.807, 2.05) is 31.1 Å². The lowest BCUT2D eigenvalue weighted by Gasteiger charge is -2.36. The Hall–Kier alpha value is -7.81. The fourth-order valence-electron chi connectivity index (χ4n) is 11.7. The average molecular weight is 1250 g/mol. The van der Waals surface area contributed by atoms with E-state index in [2.05, 4.69) is 36.7 Å². The van der Waals surface area contributed by atoms with Gasteiger partial charge in [0.05, 0.1) is 101 Å². The van der Waals surface area contributed by atoms with E-state index >= 15 is 4.39 Å². The van der Waals surface area contributed by atoms with E-state index in [4.69, 9.17) is 24.4 Å². The van der Waals surface area contributed by atoms with Gasteiger partial charge in [-0.3, -0.25) is 33.4 Å². The maximum absolute atomic E-state index is 15.5. The highest BCUT2D eigenvalue weighted by molar-refractivity contribution is 8.03. The number of Topliss-reactive ketones (excluding diaryl/α,β-unsaturated/α-hetero) is 1. The van der Waals surface area contributed by atoms with E-state index < -0.39 is 29.8 Å². The number of aliphatic hydroxyl groups is 1. The number of thioether (sulfide) groups is 1. The molecular weight excluding hydrogens is 1160 g/mol. The SMILES string of the molecule is CNCC(=O)N[C@@H](C(=O)N1CCCC1C1NC(C(=O)c2cccc(OCCOCCOCCOCCC(=O)N3CCn4nc(Nc5cc(-c6ccnc(NC(=O)c7c(F)cc(C(C)(C)C)cc7C=N)c6CO)cn(C)c5=O)cc4C3)c2)=CS1)C1CCCCC1. The van der Waals surface area contributed by atoms with Gasteiger partial charge < -0.3 is 70.4 Å². The number of halogens is 1. The summed E-state index contributed by atoms with van der Waals surface area (Å²) in [5, 5.41) is 39.9. The molecule has 0 radical (unpaired) electrons. The number of carbonyl (C=O) groups is 5. The molecule has 2 unspecified atom stereocenters. The molecule has 4 aliphatic rings. The number of fused-ring (bicyclic) bond motifs is 1. The summed E-state index contributed by atoms with van der Waals surface area (Å²) in [5.74, 6) is -1.11. The number of likely N-dealkylation sites (N-methyl/N-ethyl adjacent to an activating group) is 1. The number of nitrogens with zero attached hydrogens (tertiary/aromatic N) is 6. The van der Waals surface area contributed by atoms with Crippen LogP contribution in [0.5, 0.6) is 5.75 Å². The van der Waals surface area contributed by atoms with Gasteiger partial charge >= 0.3 is 0 Å². The number of aryl methyl sites for hydroxylation is 1. The molecule has 23 nitrogen and oxygen atoms in total. The highest BCUT2D eigenvalue weighted by atomic mass is 32.2. The molecule has 1 aliphatic carbocycles. The van der Waals surface area contributed by atoms with E-state index in [0.29, 0.717) is 98.7 Å². The lowest BCUT2D eigenvalue weighted by atomic mass is 9.83. The molecule has 3 aromatic heterocycles. The molecule has 6 heterocycles. The second-order valence-electron chi connectivity index (χ2n) is 23.6. The van der Waals surface area contributed by atoms with Crippen molar-refractivity contribution in [3.05, 3.63) is 128 Å². The van der Waals surface area contributed by atoms with Crippen LogP contribution in [0.4, 0.5) is 21.7 Å². The highest BCUT2D eigenvalue weighted by Crippen LogP contribution is 2.36. The number of ketones is 1. The first-order chi connectivity index (χ1) is 42.9. The van der Waals surface area contributed by atoms with Crippen LogP contribution in [-0.2, 0) is 60.8 Å². The van der Waals surface area contributed by atoms with Gasteiger partial charge in [-0.1, -0.05) is 52.2 Å². The molecule has 7 N–H and O–H groups in total. The van der Waals surface area contributed by atoms with E-state index in [1.54, 1.807) is 78.4 Å². The molecule has 9 rings (SSSR count). The summed E-state index contributed by atoms with van der Waals surface area (Å²) in [7, 11) is 3.29. The minimum atomic E-state index is -0.844. The molecule has 5 aromatic rings. The molecule has 25 heteroatoms. The van der Waals surface area contributed by atoms with E-state index in [-0.39, 0.29) is 101 Å². The first-order valence-corrected chi connectivity index (χ1v) is 31.3. The monoisotopic (exact) mass is 1240 g/mol. The van der Waals surface area contributed by atoms with Gasteiger partial charge in [0, 0.05) is 72.5 Å². The van der Waals surface area contributed by atoms with Gasteiger partial charge in [-0.2, -0.15) is 5.10 Å². The number of allylic oxidation sites excluding steroid dienone is 1. The molecule has 2 aromatic carbocycles. The van der Waals surface area contributed by atoms with Gasteiger partial charge in [0.15, 0.2) is 5.82 Å². The van der Waals surface area contributed by atoms with Gasteiger partial charge in [-0.05, 0) is 91.6 Å². The zero-order valence-electron chi connectivity index (χ0n) is 51.2. The van der Waals surface area contributed by atoms with Crippen molar-refractivity contribution < 1.29 is 52.4 Å². The van der Waals surface area contributed by atoms with E-state index in [1.165, 1.54) is 28.6 Å². The molecule has 89 heavy (non-hydrogen) atoms. The van der Waals surface area contributed by atoms with Crippen molar-refractivity contribution in [2.75, 3.05) is 83.6 Å². The molecule has 3 aliphatic heterocycles. The van der Waals surface area contributed by atoms with Crippen molar-refractivity contribution in [3.8, 4) is 16.9 Å². The van der Waals surface area contributed by atoms with Crippen molar-refractivity contribution in [1.29, 1.82) is 5.41 Å². The maximum Gasteiger partial charge on any atom is 0.274 e. The Bertz CT molecular complexity index is 3470. The maximum atomic E-state index is 15.5. The molecule has 0 spiro atoms. The van der Waals surface area contributed by atoms with Crippen LogP contribution in [0.2, 0.25) is 0 Å². The van der Waals surface area contributed by atoms with Crippen LogP contribution in [0.25, 0.3) is 11.1 Å². The fourth-order valence-corrected chi connectivity index (χ4v) is 12.8. The van der Waals surface area contributed by atoms with Crippen LogP contribution in [0.1, 0.15) is 115 Å². The number of hydrogen-bond acceptors (Lipinski definition) is 18.